The number of carbonyl (C=O) groups excluding carboxylic acids is 2. The van der Waals surface area contributed by atoms with Crippen LogP contribution in [0.15, 0.2) is 0 Å². The Kier molecular flexibility index (Phi) is 7.67. The van der Waals surface area contributed by atoms with Crippen LogP contribution in [0.2, 0.25) is 0 Å². The number of carboxylic acid groups (broad SMARTS) is 2. The Balaban J connectivity index is 3.01. The van der Waals surface area contributed by atoms with Gasteiger partial charge in [-0.25, -0.2) is 0 Å². The summed E-state index contributed by atoms with van der Waals surface area (Å²) in [5, 5.41) is 18.7. The summed E-state index contributed by atoms with van der Waals surface area (Å²) in [5.74, 6) is -8.42. The highest BCUT2D eigenvalue weighted by Crippen LogP contribution is 2.40. The molecule has 8 heteroatoms. The van der Waals surface area contributed by atoms with Crippen molar-refractivity contribution in [1.82, 2.24) is 0 Å². The van der Waals surface area contributed by atoms with E-state index in [1.165, 1.54) is 0 Å². The number of hydrogen-bond donors (Lipinski definition) is 2. The zero-order valence-electron chi connectivity index (χ0n) is 13.9. The first-order chi connectivity index (χ1) is 11.3. The summed E-state index contributed by atoms with van der Waals surface area (Å²) in [5.41, 5.74) is 0. The van der Waals surface area contributed by atoms with E-state index in [4.69, 9.17) is 9.47 Å². The Labute approximate surface area is 140 Å². The van der Waals surface area contributed by atoms with Crippen LogP contribution in [-0.2, 0) is 28.7 Å². The summed E-state index contributed by atoms with van der Waals surface area (Å²) in [4.78, 5) is 47.2. The molecule has 1 rings (SSSR count). The van der Waals surface area contributed by atoms with Crippen LogP contribution in [0.1, 0.15) is 39.5 Å². The first kappa shape index (κ1) is 19.9. The molecule has 1 fully saturated rings. The molecule has 0 radical (unpaired) electrons. The molecule has 0 aromatic heterocycles. The van der Waals surface area contributed by atoms with E-state index >= 15 is 0 Å². The van der Waals surface area contributed by atoms with E-state index in [1.807, 2.05) is 0 Å². The average Bonchev–Trinajstić information content (AvgIpc) is 2.55. The Morgan fingerprint density at radius 3 is 1.38 bits per heavy atom. The van der Waals surface area contributed by atoms with E-state index in [2.05, 4.69) is 0 Å². The fourth-order valence-electron chi connectivity index (χ4n) is 2.89. The Bertz CT molecular complexity index is 444. The highest BCUT2D eigenvalue weighted by atomic mass is 16.5. The molecule has 0 saturated heterocycles. The summed E-state index contributed by atoms with van der Waals surface area (Å²) >= 11 is 0. The first-order valence-corrected chi connectivity index (χ1v) is 8.12. The number of rotatable bonds is 8. The fraction of sp³-hybridized carbons (Fsp3) is 0.750. The zero-order valence-corrected chi connectivity index (χ0v) is 13.9. The van der Waals surface area contributed by atoms with Gasteiger partial charge in [0.15, 0.2) is 0 Å². The average molecular weight is 344 g/mol. The van der Waals surface area contributed by atoms with Gasteiger partial charge in [-0.05, 0) is 25.7 Å². The van der Waals surface area contributed by atoms with E-state index in [9.17, 15) is 29.4 Å². The number of carbonyl (C=O) groups is 4. The van der Waals surface area contributed by atoms with Crippen LogP contribution in [0.25, 0.3) is 0 Å². The summed E-state index contributed by atoms with van der Waals surface area (Å²) in [6.07, 6.45) is 0.660. The second kappa shape index (κ2) is 9.24. The minimum absolute atomic E-state index is 0.148. The SMILES string of the molecule is CCCOC(=O)C1CC(C(=O)OCCC)C(C(=O)O)CC1C(=O)O. The largest absolute Gasteiger partial charge is 0.481 e. The molecule has 0 bridgehead atoms. The predicted octanol–water partition coefficient (Wildman–Crippen LogP) is 1.32. The van der Waals surface area contributed by atoms with E-state index in [-0.39, 0.29) is 26.1 Å². The van der Waals surface area contributed by atoms with Crippen LogP contribution >= 0.6 is 0 Å². The van der Waals surface area contributed by atoms with Crippen molar-refractivity contribution in [1.29, 1.82) is 0 Å². The maximum absolute atomic E-state index is 12.1. The molecule has 0 amide bonds. The predicted molar refractivity (Wildman–Crippen MR) is 81.0 cm³/mol. The number of carboxylic acids is 2. The van der Waals surface area contributed by atoms with Crippen LogP contribution in [0.4, 0.5) is 0 Å². The van der Waals surface area contributed by atoms with Gasteiger partial charge in [0.1, 0.15) is 0 Å². The molecule has 1 aliphatic carbocycles. The molecular formula is C16H24O8. The minimum Gasteiger partial charge on any atom is -0.481 e. The Morgan fingerprint density at radius 2 is 1.08 bits per heavy atom. The van der Waals surface area contributed by atoms with Gasteiger partial charge in [-0.2, -0.15) is 0 Å². The van der Waals surface area contributed by atoms with E-state index in [1.54, 1.807) is 13.8 Å². The van der Waals surface area contributed by atoms with Crippen molar-refractivity contribution in [3.05, 3.63) is 0 Å². The Morgan fingerprint density at radius 1 is 0.750 bits per heavy atom. The van der Waals surface area contributed by atoms with Crippen LogP contribution in [0.3, 0.4) is 0 Å². The molecule has 4 atom stereocenters. The van der Waals surface area contributed by atoms with Gasteiger partial charge in [0.05, 0.1) is 36.9 Å². The minimum atomic E-state index is -1.26. The molecule has 0 heterocycles. The molecule has 2 N–H and O–H groups in total. The zero-order chi connectivity index (χ0) is 18.3. The van der Waals surface area contributed by atoms with E-state index in [0.717, 1.165) is 0 Å². The maximum atomic E-state index is 12.1. The van der Waals surface area contributed by atoms with Crippen molar-refractivity contribution in [2.75, 3.05) is 13.2 Å². The van der Waals surface area contributed by atoms with Gasteiger partial charge >= 0.3 is 23.9 Å². The van der Waals surface area contributed by atoms with E-state index < -0.39 is 47.5 Å². The maximum Gasteiger partial charge on any atom is 0.309 e. The lowest BCUT2D eigenvalue weighted by atomic mass is 9.68. The smallest absolute Gasteiger partial charge is 0.309 e. The van der Waals surface area contributed by atoms with Crippen molar-refractivity contribution in [2.45, 2.75) is 39.5 Å². The van der Waals surface area contributed by atoms with Gasteiger partial charge in [-0.15, -0.1) is 0 Å². The van der Waals surface area contributed by atoms with Gasteiger partial charge < -0.3 is 19.7 Å². The van der Waals surface area contributed by atoms with Crippen molar-refractivity contribution < 1.29 is 38.9 Å². The molecule has 4 unspecified atom stereocenters. The van der Waals surface area contributed by atoms with Crippen molar-refractivity contribution in [3.8, 4) is 0 Å². The molecule has 136 valence electrons. The third-order valence-corrected chi connectivity index (χ3v) is 4.12. The van der Waals surface area contributed by atoms with Gasteiger partial charge in [-0.1, -0.05) is 13.8 Å². The lowest BCUT2D eigenvalue weighted by Crippen LogP contribution is -2.45. The quantitative estimate of drug-likeness (QED) is 0.631. The highest BCUT2D eigenvalue weighted by Gasteiger charge is 2.50. The van der Waals surface area contributed by atoms with Crippen molar-refractivity contribution >= 4 is 23.9 Å². The van der Waals surface area contributed by atoms with Crippen molar-refractivity contribution in [2.24, 2.45) is 23.7 Å². The number of aliphatic carboxylic acids is 2. The van der Waals surface area contributed by atoms with E-state index in [0.29, 0.717) is 12.8 Å². The molecule has 1 aliphatic rings. The number of ether oxygens (including phenoxy) is 2. The standard InChI is InChI=1S/C16H24O8/c1-3-5-23-15(21)11-8-12(16(22)24-6-4-2)10(14(19)20)7-9(11)13(17)18/h9-12H,3-8H2,1-2H3,(H,17,18)(H,19,20). The second-order valence-corrected chi connectivity index (χ2v) is 5.91. The van der Waals surface area contributed by atoms with Crippen LogP contribution in [0, 0.1) is 23.7 Å². The fourth-order valence-corrected chi connectivity index (χ4v) is 2.89. The third-order valence-electron chi connectivity index (χ3n) is 4.12. The molecule has 0 spiro atoms. The molecule has 0 aromatic rings. The molecule has 1 saturated carbocycles. The third kappa shape index (κ3) is 4.94. The summed E-state index contributed by atoms with van der Waals surface area (Å²) in [7, 11) is 0. The normalized spacial score (nSPS) is 26.4. The molecule has 0 aliphatic heterocycles. The second-order valence-electron chi connectivity index (χ2n) is 5.91. The lowest BCUT2D eigenvalue weighted by Gasteiger charge is -2.35. The molecular weight excluding hydrogens is 320 g/mol. The lowest BCUT2D eigenvalue weighted by molar-refractivity contribution is -0.172. The highest BCUT2D eigenvalue weighted by molar-refractivity contribution is 5.86. The number of esters is 2. The van der Waals surface area contributed by atoms with Crippen molar-refractivity contribution in [3.63, 3.8) is 0 Å². The molecule has 0 aromatic carbocycles. The summed E-state index contributed by atoms with van der Waals surface area (Å²) in [6.45, 7) is 3.90. The van der Waals surface area contributed by atoms with Gasteiger partial charge in [0.25, 0.3) is 0 Å². The number of hydrogen-bond acceptors (Lipinski definition) is 6. The first-order valence-electron chi connectivity index (χ1n) is 8.12. The Hall–Kier alpha value is -2.12. The topological polar surface area (TPSA) is 127 Å². The summed E-state index contributed by atoms with van der Waals surface area (Å²) in [6, 6.07) is 0. The van der Waals surface area contributed by atoms with Crippen LogP contribution in [-0.4, -0.2) is 47.3 Å². The molecule has 24 heavy (non-hydrogen) atoms. The summed E-state index contributed by atoms with van der Waals surface area (Å²) < 4.78 is 10.0. The molecule has 8 nitrogen and oxygen atoms in total. The van der Waals surface area contributed by atoms with Gasteiger partial charge in [-0.3, -0.25) is 19.2 Å². The van der Waals surface area contributed by atoms with Crippen LogP contribution < -0.4 is 0 Å². The van der Waals surface area contributed by atoms with Gasteiger partial charge in [0.2, 0.25) is 0 Å². The van der Waals surface area contributed by atoms with Gasteiger partial charge in [0, 0.05) is 0 Å². The van der Waals surface area contributed by atoms with Crippen LogP contribution in [0.5, 0.6) is 0 Å². The monoisotopic (exact) mass is 344 g/mol.